The van der Waals surface area contributed by atoms with E-state index < -0.39 is 93.0 Å². The molecule has 0 saturated carbocycles. The predicted octanol–water partition coefficient (Wildman–Crippen LogP) is 3.69. The number of hydrogen-bond donors (Lipinski definition) is 4. The number of rotatable bonds is 6. The summed E-state index contributed by atoms with van der Waals surface area (Å²) in [6.45, 7) is 4.66. The van der Waals surface area contributed by atoms with E-state index >= 15 is 0 Å². The second-order valence-electron chi connectivity index (χ2n) is 11.0. The van der Waals surface area contributed by atoms with Crippen molar-refractivity contribution < 1.29 is 84.2 Å². The first-order valence-corrected chi connectivity index (χ1v) is 14.5. The van der Waals surface area contributed by atoms with Crippen molar-refractivity contribution in [3.8, 4) is 0 Å². The van der Waals surface area contributed by atoms with E-state index in [9.17, 15) is 55.7 Å². The highest BCUT2D eigenvalue weighted by Gasteiger charge is 2.42. The summed E-state index contributed by atoms with van der Waals surface area (Å²) >= 11 is 0. The molecule has 0 atom stereocenters. The van der Waals surface area contributed by atoms with Crippen molar-refractivity contribution in [1.29, 1.82) is 0 Å². The summed E-state index contributed by atoms with van der Waals surface area (Å²) in [5.74, 6) is -12.9. The van der Waals surface area contributed by atoms with Gasteiger partial charge in [-0.1, -0.05) is 0 Å². The van der Waals surface area contributed by atoms with Gasteiger partial charge in [0, 0.05) is 90.4 Å². The monoisotopic (exact) mass is 754 g/mol. The number of carbonyl (C=O) groups is 4. The topological polar surface area (TPSA) is 216 Å². The van der Waals surface area contributed by atoms with Gasteiger partial charge in [0.25, 0.3) is 11.6 Å². The lowest BCUT2D eigenvalue weighted by molar-refractivity contribution is -0.224. The van der Waals surface area contributed by atoms with Crippen LogP contribution in [0.25, 0.3) is 0 Å². The molecule has 0 aromatic heterocycles. The largest absolute Gasteiger partial charge is 0.509 e. The molecule has 0 spiro atoms. The van der Waals surface area contributed by atoms with Crippen LogP contribution in [0.5, 0.6) is 0 Å². The average Bonchev–Trinajstić information content (AvgIpc) is 2.96. The molecule has 52 heavy (non-hydrogen) atoms. The van der Waals surface area contributed by atoms with Crippen LogP contribution in [0, 0.1) is 34.9 Å². The molecule has 0 bridgehead atoms. The van der Waals surface area contributed by atoms with Gasteiger partial charge < -0.3 is 50.1 Å². The molecule has 2 aromatic rings. The van der Waals surface area contributed by atoms with Crippen LogP contribution in [-0.2, 0) is 60.7 Å². The molecule has 2 aliphatic rings. The number of esters is 4. The summed E-state index contributed by atoms with van der Waals surface area (Å²) in [6.07, 6.45) is 0. The molecule has 288 valence electrons. The third-order valence-corrected chi connectivity index (χ3v) is 5.93. The fourth-order valence-corrected chi connectivity index (χ4v) is 3.73. The van der Waals surface area contributed by atoms with Gasteiger partial charge in [0.1, 0.15) is 59.6 Å². The summed E-state index contributed by atoms with van der Waals surface area (Å²) in [6, 6.07) is 2.41. The van der Waals surface area contributed by atoms with Crippen LogP contribution in [0.15, 0.2) is 46.9 Å². The number of hydrogen-bond acceptors (Lipinski definition) is 14. The van der Waals surface area contributed by atoms with Gasteiger partial charge in [0.2, 0.25) is 0 Å². The van der Waals surface area contributed by atoms with E-state index in [0.29, 0.717) is 24.3 Å². The van der Waals surface area contributed by atoms with Gasteiger partial charge in [-0.05, 0) is 0 Å². The highest BCUT2D eigenvalue weighted by Crippen LogP contribution is 2.25. The molecule has 6 N–H and O–H groups in total. The number of cyclic esters (lactones) is 4. The molecule has 14 nitrogen and oxygen atoms in total. The summed E-state index contributed by atoms with van der Waals surface area (Å²) < 4.78 is 103. The minimum Gasteiger partial charge on any atom is -0.509 e. The average molecular weight is 755 g/mol. The van der Waals surface area contributed by atoms with Crippen molar-refractivity contribution in [1.82, 2.24) is 0 Å². The lowest BCUT2D eigenvalue weighted by Gasteiger charge is -2.30. The van der Waals surface area contributed by atoms with Crippen molar-refractivity contribution >= 4 is 23.9 Å². The van der Waals surface area contributed by atoms with Crippen LogP contribution in [-0.4, -0.2) is 73.1 Å². The standard InChI is InChI=1S/2C9H12O6.2C7H6F3N/c2*1-9(2)14-7(11)6(8(12)15-9)5(10)4-13-3;2*8-4-1-6(9)5(3-11)7(10)2-4/h2*10H,4H2,1-3H3;2*1-2H,3,11H2. The number of ether oxygens (including phenoxy) is 6. The highest BCUT2D eigenvalue weighted by molar-refractivity contribution is 6.16. The maximum atomic E-state index is 12.6. The SMILES string of the molecule is COCC(O)=C1C(=O)OC(C)(C)OC1=O.COCC(O)=C1C(=O)OC(C)(C)OC1=O.NCc1c(F)cc(F)cc1F.NCc1c(F)cc(F)cc1F. The van der Waals surface area contributed by atoms with Gasteiger partial charge in [-0.15, -0.1) is 0 Å². The maximum Gasteiger partial charge on any atom is 0.352 e. The van der Waals surface area contributed by atoms with E-state index in [4.69, 9.17) is 30.4 Å². The van der Waals surface area contributed by atoms with Gasteiger partial charge in [-0.25, -0.2) is 45.5 Å². The number of aliphatic hydroxyl groups excluding tert-OH is 2. The minimum atomic E-state index is -1.30. The number of halogens is 6. The van der Waals surface area contributed by atoms with Gasteiger partial charge in [-0.2, -0.15) is 0 Å². The Morgan fingerprint density at radius 1 is 0.577 bits per heavy atom. The molecular formula is C32H36F6N2O12. The van der Waals surface area contributed by atoms with E-state index in [0.717, 1.165) is 0 Å². The van der Waals surface area contributed by atoms with E-state index in [-0.39, 0.29) is 37.4 Å². The van der Waals surface area contributed by atoms with Crippen LogP contribution in [0.4, 0.5) is 26.3 Å². The lowest BCUT2D eigenvalue weighted by Crippen LogP contribution is -2.42. The van der Waals surface area contributed by atoms with Crippen molar-refractivity contribution in [2.75, 3.05) is 27.4 Å². The second kappa shape index (κ2) is 19.4. The fourth-order valence-electron chi connectivity index (χ4n) is 3.73. The van der Waals surface area contributed by atoms with Crippen LogP contribution in [0.1, 0.15) is 38.8 Å². The van der Waals surface area contributed by atoms with Gasteiger partial charge in [0.15, 0.2) is 11.1 Å². The van der Waals surface area contributed by atoms with Crippen LogP contribution in [0.3, 0.4) is 0 Å². The quantitative estimate of drug-likeness (QED) is 0.109. The van der Waals surface area contributed by atoms with Crippen molar-refractivity contribution in [3.05, 3.63) is 93.0 Å². The third kappa shape index (κ3) is 13.2. The van der Waals surface area contributed by atoms with E-state index in [1.165, 1.54) is 41.9 Å². The Bertz CT molecular complexity index is 1500. The van der Waals surface area contributed by atoms with Gasteiger partial charge in [0.05, 0.1) is 0 Å². The molecular weight excluding hydrogens is 718 g/mol. The zero-order valence-corrected chi connectivity index (χ0v) is 28.5. The summed E-state index contributed by atoms with van der Waals surface area (Å²) in [4.78, 5) is 45.4. The Kier molecular flexibility index (Phi) is 16.8. The van der Waals surface area contributed by atoms with Crippen LogP contribution >= 0.6 is 0 Å². The normalized spacial score (nSPS) is 15.6. The summed E-state index contributed by atoms with van der Waals surface area (Å²) in [7, 11) is 2.64. The number of methoxy groups -OCH3 is 2. The Hall–Kier alpha value is -5.18. The van der Waals surface area contributed by atoms with Crippen LogP contribution in [0.2, 0.25) is 0 Å². The third-order valence-electron chi connectivity index (χ3n) is 5.93. The number of nitrogens with two attached hydrogens (primary N) is 2. The Balaban J connectivity index is 0.000000350. The highest BCUT2D eigenvalue weighted by atomic mass is 19.2. The predicted molar refractivity (Wildman–Crippen MR) is 164 cm³/mol. The first-order valence-electron chi connectivity index (χ1n) is 14.5. The molecule has 4 rings (SSSR count). The minimum absolute atomic E-state index is 0.250. The van der Waals surface area contributed by atoms with Crippen molar-refractivity contribution in [3.63, 3.8) is 0 Å². The van der Waals surface area contributed by atoms with Crippen molar-refractivity contribution in [2.24, 2.45) is 11.5 Å². The van der Waals surface area contributed by atoms with Gasteiger partial charge in [-0.3, -0.25) is 0 Å². The Morgan fingerprint density at radius 3 is 1.00 bits per heavy atom. The fraction of sp³-hybridized carbons (Fsp3) is 0.375. The van der Waals surface area contributed by atoms with E-state index in [1.807, 2.05) is 0 Å². The van der Waals surface area contributed by atoms with Gasteiger partial charge >= 0.3 is 23.9 Å². The number of aliphatic hydroxyl groups is 2. The second-order valence-corrected chi connectivity index (χ2v) is 11.0. The van der Waals surface area contributed by atoms with Crippen molar-refractivity contribution in [2.45, 2.75) is 52.4 Å². The lowest BCUT2D eigenvalue weighted by atomic mass is 10.2. The number of carbonyl (C=O) groups excluding carboxylic acids is 4. The Labute approximate surface area is 292 Å². The zero-order valence-electron chi connectivity index (χ0n) is 28.5. The summed E-state index contributed by atoms with van der Waals surface area (Å²) in [5.41, 5.74) is 8.39. The zero-order chi connectivity index (χ0) is 40.1. The molecule has 0 amide bonds. The first-order chi connectivity index (χ1) is 24.0. The van der Waals surface area contributed by atoms with Crippen LogP contribution < -0.4 is 11.5 Å². The molecule has 0 unspecified atom stereocenters. The smallest absolute Gasteiger partial charge is 0.352 e. The van der Waals surface area contributed by atoms with E-state index in [2.05, 4.69) is 9.47 Å². The summed E-state index contributed by atoms with van der Waals surface area (Å²) in [5, 5.41) is 18.7. The molecule has 0 radical (unpaired) electrons. The molecule has 2 fully saturated rings. The first kappa shape index (κ1) is 44.8. The molecule has 0 aliphatic carbocycles. The Morgan fingerprint density at radius 2 is 0.808 bits per heavy atom. The van der Waals surface area contributed by atoms with E-state index in [1.54, 1.807) is 0 Å². The molecule has 2 saturated heterocycles. The molecule has 20 heteroatoms. The molecule has 2 aromatic carbocycles. The molecule has 2 aliphatic heterocycles. The number of benzene rings is 2. The molecule has 2 heterocycles. The maximum absolute atomic E-state index is 12.6.